The van der Waals surface area contributed by atoms with Crippen LogP contribution in [0.25, 0.3) is 0 Å². The molecule has 2 rings (SSSR count). The largest absolute Gasteiger partial charge is 0.484 e. The Morgan fingerprint density at radius 2 is 1.67 bits per heavy atom. The van der Waals surface area contributed by atoms with Crippen molar-refractivity contribution in [3.05, 3.63) is 66.2 Å². The number of para-hydroxylation sites is 1. The van der Waals surface area contributed by atoms with Crippen molar-refractivity contribution in [2.24, 2.45) is 0 Å². The van der Waals surface area contributed by atoms with Crippen molar-refractivity contribution in [1.82, 2.24) is 5.32 Å². The summed E-state index contributed by atoms with van der Waals surface area (Å²) in [6, 6.07) is 18.9. The van der Waals surface area contributed by atoms with E-state index in [2.05, 4.69) is 5.32 Å². The van der Waals surface area contributed by atoms with Crippen LogP contribution in [0.3, 0.4) is 0 Å². The summed E-state index contributed by atoms with van der Waals surface area (Å²) in [5, 5.41) is 2.93. The van der Waals surface area contributed by atoms with Crippen LogP contribution in [0.1, 0.15) is 12.5 Å². The zero-order chi connectivity index (χ0) is 15.1. The third-order valence-electron chi connectivity index (χ3n) is 3.21. The predicted molar refractivity (Wildman–Crippen MR) is 84.6 cm³/mol. The molecule has 2 aromatic carbocycles. The molecular formula is C17H18ClNO2. The molecule has 0 aliphatic rings. The first-order valence-electron chi connectivity index (χ1n) is 6.74. The van der Waals surface area contributed by atoms with E-state index in [1.54, 1.807) is 0 Å². The van der Waals surface area contributed by atoms with Crippen molar-refractivity contribution in [3.8, 4) is 5.75 Å². The number of alkyl halides is 1. The number of nitrogens with one attached hydrogen (secondary N) is 1. The van der Waals surface area contributed by atoms with E-state index >= 15 is 0 Å². The fourth-order valence-electron chi connectivity index (χ4n) is 2.00. The Morgan fingerprint density at radius 3 is 2.24 bits per heavy atom. The van der Waals surface area contributed by atoms with Crippen molar-refractivity contribution in [3.63, 3.8) is 0 Å². The van der Waals surface area contributed by atoms with Crippen molar-refractivity contribution >= 4 is 17.5 Å². The molecule has 0 heterocycles. The number of ether oxygens (including phenoxy) is 1. The van der Waals surface area contributed by atoms with Crippen LogP contribution in [-0.2, 0) is 10.3 Å². The normalized spacial score (nSPS) is 13.2. The summed E-state index contributed by atoms with van der Waals surface area (Å²) in [4.78, 5) is 12.1. The van der Waals surface area contributed by atoms with Gasteiger partial charge in [-0.2, -0.15) is 0 Å². The van der Waals surface area contributed by atoms with Crippen molar-refractivity contribution in [2.45, 2.75) is 12.5 Å². The fraction of sp³-hybridized carbons (Fsp3) is 0.235. The summed E-state index contributed by atoms with van der Waals surface area (Å²) in [5.74, 6) is 0.750. The number of halogens is 1. The minimum absolute atomic E-state index is 0.0384. The van der Waals surface area contributed by atoms with Gasteiger partial charge < -0.3 is 10.1 Å². The molecule has 0 fully saturated rings. The predicted octanol–water partition coefficient (Wildman–Crippen LogP) is 3.34. The minimum Gasteiger partial charge on any atom is -0.484 e. The van der Waals surface area contributed by atoms with Crippen LogP contribution < -0.4 is 10.1 Å². The molecule has 0 saturated heterocycles. The molecule has 0 saturated carbocycles. The van der Waals surface area contributed by atoms with E-state index < -0.39 is 5.54 Å². The number of amides is 1. The second-order valence-electron chi connectivity index (χ2n) is 4.98. The van der Waals surface area contributed by atoms with Crippen LogP contribution in [0, 0.1) is 0 Å². The second-order valence-corrected chi connectivity index (χ2v) is 5.25. The van der Waals surface area contributed by atoms with Crippen LogP contribution >= 0.6 is 11.6 Å². The maximum Gasteiger partial charge on any atom is 0.258 e. The van der Waals surface area contributed by atoms with E-state index in [1.165, 1.54) is 0 Å². The molecule has 0 bridgehead atoms. The second kappa shape index (κ2) is 7.14. The molecule has 3 nitrogen and oxygen atoms in total. The molecule has 1 atom stereocenters. The summed E-state index contributed by atoms with van der Waals surface area (Å²) in [7, 11) is 0. The highest BCUT2D eigenvalue weighted by Crippen LogP contribution is 2.22. The van der Waals surface area contributed by atoms with Gasteiger partial charge in [-0.25, -0.2) is 0 Å². The molecule has 0 aliphatic carbocycles. The van der Waals surface area contributed by atoms with Gasteiger partial charge in [-0.1, -0.05) is 48.5 Å². The van der Waals surface area contributed by atoms with Gasteiger partial charge in [-0.05, 0) is 24.6 Å². The Bertz CT molecular complexity index is 574. The van der Waals surface area contributed by atoms with Crippen molar-refractivity contribution < 1.29 is 9.53 Å². The highest BCUT2D eigenvalue weighted by Gasteiger charge is 2.27. The highest BCUT2D eigenvalue weighted by molar-refractivity contribution is 6.18. The molecule has 0 aliphatic heterocycles. The van der Waals surface area contributed by atoms with Crippen LogP contribution in [0.5, 0.6) is 5.75 Å². The number of benzene rings is 2. The Kier molecular flexibility index (Phi) is 5.23. The van der Waals surface area contributed by atoms with Gasteiger partial charge in [0.1, 0.15) is 5.75 Å². The number of hydrogen-bond acceptors (Lipinski definition) is 2. The summed E-state index contributed by atoms with van der Waals surface area (Å²) in [6.07, 6.45) is 0. The molecule has 4 heteroatoms. The molecule has 1 N–H and O–H groups in total. The Hall–Kier alpha value is -2.00. The third kappa shape index (κ3) is 4.23. The molecule has 0 aromatic heterocycles. The summed E-state index contributed by atoms with van der Waals surface area (Å²) < 4.78 is 5.44. The SMILES string of the molecule is CC(CCl)(NC(=O)COc1ccccc1)c1ccccc1. The quantitative estimate of drug-likeness (QED) is 0.831. The van der Waals surface area contributed by atoms with E-state index in [0.717, 1.165) is 5.56 Å². The third-order valence-corrected chi connectivity index (χ3v) is 3.74. The van der Waals surface area contributed by atoms with Gasteiger partial charge in [-0.15, -0.1) is 11.6 Å². The Balaban J connectivity index is 1.97. The molecule has 0 radical (unpaired) electrons. The van der Waals surface area contributed by atoms with Crippen molar-refractivity contribution in [2.75, 3.05) is 12.5 Å². The molecule has 1 amide bonds. The highest BCUT2D eigenvalue weighted by atomic mass is 35.5. The lowest BCUT2D eigenvalue weighted by Crippen LogP contribution is -2.46. The van der Waals surface area contributed by atoms with E-state index in [0.29, 0.717) is 5.75 Å². The lowest BCUT2D eigenvalue weighted by molar-refractivity contribution is -0.124. The van der Waals surface area contributed by atoms with E-state index in [4.69, 9.17) is 16.3 Å². The summed E-state index contributed by atoms with van der Waals surface area (Å²) >= 11 is 6.05. The average Bonchev–Trinajstić information content (AvgIpc) is 2.54. The van der Waals surface area contributed by atoms with E-state index in [-0.39, 0.29) is 18.4 Å². The molecule has 0 spiro atoms. The number of carbonyl (C=O) groups excluding carboxylic acids is 1. The van der Waals surface area contributed by atoms with E-state index in [1.807, 2.05) is 67.6 Å². The van der Waals surface area contributed by atoms with Gasteiger partial charge in [0.05, 0.1) is 5.54 Å². The molecule has 110 valence electrons. The van der Waals surface area contributed by atoms with Gasteiger partial charge >= 0.3 is 0 Å². The van der Waals surface area contributed by atoms with Gasteiger partial charge in [0.15, 0.2) is 6.61 Å². The first-order chi connectivity index (χ1) is 10.1. The molecule has 1 unspecified atom stereocenters. The van der Waals surface area contributed by atoms with Crippen LogP contribution in [0.4, 0.5) is 0 Å². The maximum atomic E-state index is 12.1. The first kappa shape index (κ1) is 15.4. The van der Waals surface area contributed by atoms with Crippen LogP contribution in [0.15, 0.2) is 60.7 Å². The number of carbonyl (C=O) groups is 1. The van der Waals surface area contributed by atoms with Gasteiger partial charge in [0, 0.05) is 5.88 Å². The zero-order valence-electron chi connectivity index (χ0n) is 11.9. The number of rotatable bonds is 6. The fourth-order valence-corrected chi connectivity index (χ4v) is 2.22. The van der Waals surface area contributed by atoms with Crippen LogP contribution in [0.2, 0.25) is 0 Å². The average molecular weight is 304 g/mol. The molecule has 21 heavy (non-hydrogen) atoms. The Morgan fingerprint density at radius 1 is 1.10 bits per heavy atom. The lowest BCUT2D eigenvalue weighted by Gasteiger charge is -2.29. The Labute approximate surface area is 129 Å². The zero-order valence-corrected chi connectivity index (χ0v) is 12.6. The summed E-state index contributed by atoms with van der Waals surface area (Å²) in [5.41, 5.74) is 0.355. The number of hydrogen-bond donors (Lipinski definition) is 1. The maximum absolute atomic E-state index is 12.1. The van der Waals surface area contributed by atoms with Gasteiger partial charge in [0.25, 0.3) is 5.91 Å². The minimum atomic E-state index is -0.611. The standard InChI is InChI=1S/C17H18ClNO2/c1-17(13-18,14-8-4-2-5-9-14)19-16(20)12-21-15-10-6-3-7-11-15/h2-11H,12-13H2,1H3,(H,19,20). The first-order valence-corrected chi connectivity index (χ1v) is 7.28. The smallest absolute Gasteiger partial charge is 0.258 e. The van der Waals surface area contributed by atoms with E-state index in [9.17, 15) is 4.79 Å². The van der Waals surface area contributed by atoms with Gasteiger partial charge in [-0.3, -0.25) is 4.79 Å². The topological polar surface area (TPSA) is 38.3 Å². The van der Waals surface area contributed by atoms with Crippen LogP contribution in [-0.4, -0.2) is 18.4 Å². The van der Waals surface area contributed by atoms with Crippen molar-refractivity contribution in [1.29, 1.82) is 0 Å². The summed E-state index contributed by atoms with van der Waals surface area (Å²) in [6.45, 7) is 1.86. The monoisotopic (exact) mass is 303 g/mol. The molecular weight excluding hydrogens is 286 g/mol. The van der Waals surface area contributed by atoms with Gasteiger partial charge in [0.2, 0.25) is 0 Å². The molecule has 2 aromatic rings. The lowest BCUT2D eigenvalue weighted by atomic mass is 9.94.